The van der Waals surface area contributed by atoms with Crippen LogP contribution in [0.3, 0.4) is 0 Å². The maximum absolute atomic E-state index is 12.5. The van der Waals surface area contributed by atoms with Crippen LogP contribution in [-0.2, 0) is 16.1 Å². The molecule has 0 spiro atoms. The molecule has 1 aliphatic heterocycles. The Morgan fingerprint density at radius 1 is 1.36 bits per heavy atom. The molecule has 1 amide bonds. The monoisotopic (exact) mass is 302 g/mol. The average Bonchev–Trinajstić information content (AvgIpc) is 2.52. The fourth-order valence-electron chi connectivity index (χ4n) is 2.60. The van der Waals surface area contributed by atoms with Crippen molar-refractivity contribution in [2.75, 3.05) is 13.2 Å². The minimum Gasteiger partial charge on any atom is -0.375 e. The van der Waals surface area contributed by atoms with Crippen molar-refractivity contribution in [1.29, 1.82) is 0 Å². The zero-order chi connectivity index (χ0) is 15.7. The molecule has 1 aromatic carbocycles. The maximum Gasteiger partial charge on any atom is 0.278 e. The summed E-state index contributed by atoms with van der Waals surface area (Å²) < 4.78 is 6.63. The van der Waals surface area contributed by atoms with Crippen molar-refractivity contribution < 1.29 is 9.53 Å². The number of morpholine rings is 1. The van der Waals surface area contributed by atoms with E-state index in [-0.39, 0.29) is 30.2 Å². The summed E-state index contributed by atoms with van der Waals surface area (Å²) in [7, 11) is 0. The van der Waals surface area contributed by atoms with Gasteiger partial charge in [-0.2, -0.15) is 0 Å². The van der Waals surface area contributed by atoms with Crippen molar-refractivity contribution in [2.24, 2.45) is 0 Å². The smallest absolute Gasteiger partial charge is 0.278 e. The van der Waals surface area contributed by atoms with Crippen LogP contribution >= 0.6 is 0 Å². The molecule has 2 atom stereocenters. The second kappa shape index (κ2) is 5.84. The summed E-state index contributed by atoms with van der Waals surface area (Å²) in [4.78, 5) is 26.5. The van der Waals surface area contributed by atoms with Gasteiger partial charge in [0.15, 0.2) is 0 Å². The third-order valence-electron chi connectivity index (χ3n) is 3.84. The van der Waals surface area contributed by atoms with Crippen LogP contribution in [0.15, 0.2) is 29.1 Å². The summed E-state index contributed by atoms with van der Waals surface area (Å²) in [6, 6.07) is 6.97. The highest BCUT2D eigenvalue weighted by atomic mass is 16.5. The average molecular weight is 302 g/mol. The maximum atomic E-state index is 12.5. The van der Waals surface area contributed by atoms with Gasteiger partial charge in [0.2, 0.25) is 5.91 Å². The summed E-state index contributed by atoms with van der Waals surface area (Å²) in [5.74, 6) is -0.144. The Morgan fingerprint density at radius 3 is 2.95 bits per heavy atom. The van der Waals surface area contributed by atoms with Gasteiger partial charge in [-0.05, 0) is 26.0 Å². The molecule has 7 nitrogen and oxygen atoms in total. The lowest BCUT2D eigenvalue weighted by atomic mass is 10.2. The number of rotatable bonds is 2. The first kappa shape index (κ1) is 14.6. The van der Waals surface area contributed by atoms with Gasteiger partial charge in [0.25, 0.3) is 5.56 Å². The summed E-state index contributed by atoms with van der Waals surface area (Å²) in [5, 5.41) is 8.32. The standard InChI is InChI=1S/C15H18N4O3/c1-10-9-22-11(2)7-18(10)14(20)8-19-15(21)12-5-3-4-6-13(12)16-17-19/h3-6,10-11H,7-9H2,1-2H3. The second-order valence-corrected chi connectivity index (χ2v) is 5.61. The van der Waals surface area contributed by atoms with Crippen LogP contribution in [0.5, 0.6) is 0 Å². The molecule has 3 rings (SSSR count). The molecule has 2 unspecified atom stereocenters. The third kappa shape index (κ3) is 2.71. The molecular formula is C15H18N4O3. The summed E-state index contributed by atoms with van der Waals surface area (Å²) in [6.07, 6.45) is -0.000408. The summed E-state index contributed by atoms with van der Waals surface area (Å²) in [5.41, 5.74) is 0.234. The molecule has 1 aliphatic rings. The third-order valence-corrected chi connectivity index (χ3v) is 3.84. The highest BCUT2D eigenvalue weighted by Crippen LogP contribution is 2.12. The van der Waals surface area contributed by atoms with E-state index >= 15 is 0 Å². The number of benzene rings is 1. The molecule has 1 aromatic heterocycles. The van der Waals surface area contributed by atoms with E-state index in [9.17, 15) is 9.59 Å². The van der Waals surface area contributed by atoms with E-state index in [0.717, 1.165) is 4.68 Å². The van der Waals surface area contributed by atoms with Crippen LogP contribution in [-0.4, -0.2) is 51.1 Å². The van der Waals surface area contributed by atoms with E-state index in [1.807, 2.05) is 13.8 Å². The van der Waals surface area contributed by atoms with E-state index in [1.165, 1.54) is 0 Å². The van der Waals surface area contributed by atoms with Crippen molar-refractivity contribution >= 4 is 16.8 Å². The molecule has 22 heavy (non-hydrogen) atoms. The number of amides is 1. The van der Waals surface area contributed by atoms with Crippen LogP contribution in [0.2, 0.25) is 0 Å². The molecule has 0 saturated carbocycles. The van der Waals surface area contributed by atoms with Crippen LogP contribution in [0, 0.1) is 0 Å². The molecule has 2 heterocycles. The van der Waals surface area contributed by atoms with Crippen molar-refractivity contribution in [3.05, 3.63) is 34.6 Å². The number of hydrogen-bond donors (Lipinski definition) is 0. The summed E-state index contributed by atoms with van der Waals surface area (Å²) in [6.45, 7) is 4.78. The van der Waals surface area contributed by atoms with Gasteiger partial charge in [0.05, 0.1) is 24.1 Å². The number of fused-ring (bicyclic) bond motifs is 1. The molecule has 2 aromatic rings. The fourth-order valence-corrected chi connectivity index (χ4v) is 2.60. The van der Waals surface area contributed by atoms with Gasteiger partial charge >= 0.3 is 0 Å². The first-order valence-corrected chi connectivity index (χ1v) is 7.30. The Bertz CT molecular complexity index is 758. The van der Waals surface area contributed by atoms with Gasteiger partial charge in [-0.15, -0.1) is 5.10 Å². The van der Waals surface area contributed by atoms with Crippen molar-refractivity contribution in [2.45, 2.75) is 32.5 Å². The van der Waals surface area contributed by atoms with Gasteiger partial charge in [0.1, 0.15) is 12.1 Å². The zero-order valence-electron chi connectivity index (χ0n) is 12.6. The number of carbonyl (C=O) groups excluding carboxylic acids is 1. The Hall–Kier alpha value is -2.28. The number of nitrogens with zero attached hydrogens (tertiary/aromatic N) is 4. The minimum absolute atomic E-state index is 0.000408. The van der Waals surface area contributed by atoms with Gasteiger partial charge in [-0.3, -0.25) is 9.59 Å². The highest BCUT2D eigenvalue weighted by molar-refractivity contribution is 5.78. The molecule has 0 N–H and O–H groups in total. The number of hydrogen-bond acceptors (Lipinski definition) is 5. The second-order valence-electron chi connectivity index (χ2n) is 5.61. The predicted molar refractivity (Wildman–Crippen MR) is 80.4 cm³/mol. The van der Waals surface area contributed by atoms with E-state index in [4.69, 9.17) is 4.74 Å². The normalized spacial score (nSPS) is 22.0. The predicted octanol–water partition coefficient (Wildman–Crippen LogP) is 0.427. The largest absolute Gasteiger partial charge is 0.375 e. The quantitative estimate of drug-likeness (QED) is 0.804. The number of carbonyl (C=O) groups is 1. The van der Waals surface area contributed by atoms with Gasteiger partial charge in [-0.1, -0.05) is 17.3 Å². The van der Waals surface area contributed by atoms with Crippen LogP contribution in [0.1, 0.15) is 13.8 Å². The van der Waals surface area contributed by atoms with E-state index < -0.39 is 0 Å². The number of ether oxygens (including phenoxy) is 1. The molecule has 0 radical (unpaired) electrons. The van der Waals surface area contributed by atoms with Crippen molar-refractivity contribution in [3.63, 3.8) is 0 Å². The SMILES string of the molecule is CC1CN(C(=O)Cn2nnc3ccccc3c2=O)C(C)CO1. The van der Waals surface area contributed by atoms with E-state index in [2.05, 4.69) is 10.3 Å². The zero-order valence-corrected chi connectivity index (χ0v) is 12.6. The Kier molecular flexibility index (Phi) is 3.89. The van der Waals surface area contributed by atoms with Gasteiger partial charge in [0, 0.05) is 6.54 Å². The minimum atomic E-state index is -0.298. The van der Waals surface area contributed by atoms with Gasteiger partial charge < -0.3 is 9.64 Å². The Balaban J connectivity index is 1.85. The molecule has 1 saturated heterocycles. The molecule has 0 aliphatic carbocycles. The Labute approximate surface area is 127 Å². The van der Waals surface area contributed by atoms with E-state index in [0.29, 0.717) is 24.1 Å². The summed E-state index contributed by atoms with van der Waals surface area (Å²) >= 11 is 0. The lowest BCUT2D eigenvalue weighted by molar-refractivity contribution is -0.144. The number of aromatic nitrogens is 3. The molecule has 116 valence electrons. The fraction of sp³-hybridized carbons (Fsp3) is 0.467. The van der Waals surface area contributed by atoms with Crippen molar-refractivity contribution in [3.8, 4) is 0 Å². The Morgan fingerprint density at radius 2 is 2.14 bits per heavy atom. The van der Waals surface area contributed by atoms with Crippen LogP contribution in [0.25, 0.3) is 10.9 Å². The lowest BCUT2D eigenvalue weighted by Gasteiger charge is -2.36. The first-order valence-electron chi connectivity index (χ1n) is 7.30. The van der Waals surface area contributed by atoms with Crippen LogP contribution < -0.4 is 5.56 Å². The van der Waals surface area contributed by atoms with Crippen molar-refractivity contribution in [1.82, 2.24) is 19.9 Å². The molecule has 1 fully saturated rings. The first-order chi connectivity index (χ1) is 10.6. The van der Waals surface area contributed by atoms with Crippen LogP contribution in [0.4, 0.5) is 0 Å². The van der Waals surface area contributed by atoms with Gasteiger partial charge in [-0.25, -0.2) is 4.68 Å². The topological polar surface area (TPSA) is 77.3 Å². The lowest BCUT2D eigenvalue weighted by Crippen LogP contribution is -2.51. The highest BCUT2D eigenvalue weighted by Gasteiger charge is 2.28. The van der Waals surface area contributed by atoms with E-state index in [1.54, 1.807) is 29.2 Å². The molecule has 7 heteroatoms. The molecular weight excluding hydrogens is 284 g/mol. The molecule has 0 bridgehead atoms.